The summed E-state index contributed by atoms with van der Waals surface area (Å²) < 4.78 is 6.68. The Kier molecular flexibility index (Phi) is 5.10. The first-order valence-corrected chi connectivity index (χ1v) is 11.3. The number of likely N-dealkylation sites (N-methyl/N-ethyl adjacent to an activating group) is 1. The number of aliphatic carboxylic acids is 1. The second-order valence-electron chi connectivity index (χ2n) is 8.43. The maximum Gasteiger partial charge on any atom is 0.306 e. The SMILES string of the molecule is C[N+]12N=CC(c3cnc4ccccc4c3)=C1NC(OC1CCC(C(=O)O)CC1)=C(Br)C2=N. The van der Waals surface area contributed by atoms with E-state index in [9.17, 15) is 9.90 Å². The minimum atomic E-state index is -0.739. The van der Waals surface area contributed by atoms with Gasteiger partial charge in [-0.05, 0) is 53.7 Å². The lowest BCUT2D eigenvalue weighted by atomic mass is 9.87. The number of para-hydroxylation sites is 1. The molecule has 1 saturated carbocycles. The van der Waals surface area contributed by atoms with E-state index in [0.29, 0.717) is 36.0 Å². The number of quaternary nitrogens is 1. The van der Waals surface area contributed by atoms with Gasteiger partial charge in [0.2, 0.25) is 5.88 Å². The Bertz CT molecular complexity index is 1230. The molecule has 32 heavy (non-hydrogen) atoms. The molecule has 3 aliphatic rings. The van der Waals surface area contributed by atoms with Crippen molar-refractivity contribution < 1.29 is 19.2 Å². The highest BCUT2D eigenvalue weighted by Gasteiger charge is 2.48. The van der Waals surface area contributed by atoms with E-state index in [4.69, 9.17) is 10.1 Å². The Morgan fingerprint density at radius 1 is 1.28 bits per heavy atom. The van der Waals surface area contributed by atoms with Gasteiger partial charge in [-0.1, -0.05) is 23.3 Å². The molecule has 0 amide bonds. The van der Waals surface area contributed by atoms with Crippen molar-refractivity contribution in [2.75, 3.05) is 7.05 Å². The van der Waals surface area contributed by atoms with Crippen molar-refractivity contribution in [3.05, 3.63) is 58.3 Å². The molecule has 1 atom stereocenters. The van der Waals surface area contributed by atoms with Gasteiger partial charge in [-0.15, -0.1) is 4.59 Å². The summed E-state index contributed by atoms with van der Waals surface area (Å²) in [7, 11) is 1.85. The number of fused-ring (bicyclic) bond motifs is 2. The number of rotatable bonds is 4. The zero-order valence-electron chi connectivity index (χ0n) is 17.5. The molecule has 0 saturated heterocycles. The maximum absolute atomic E-state index is 11.2. The molecule has 3 heterocycles. The van der Waals surface area contributed by atoms with E-state index in [2.05, 4.69) is 37.4 Å². The molecule has 3 N–H and O–H groups in total. The number of carboxylic acids is 1. The Hall–Kier alpha value is -3.04. The van der Waals surface area contributed by atoms with Crippen LogP contribution in [0, 0.1) is 11.3 Å². The van der Waals surface area contributed by atoms with Gasteiger partial charge in [0.25, 0.3) is 11.7 Å². The van der Waals surface area contributed by atoms with Gasteiger partial charge in [0, 0.05) is 17.1 Å². The number of carbonyl (C=O) groups is 1. The first-order valence-electron chi connectivity index (χ1n) is 10.5. The number of aromatic nitrogens is 1. The van der Waals surface area contributed by atoms with Crippen molar-refractivity contribution in [3.8, 4) is 0 Å². The molecule has 8 nitrogen and oxygen atoms in total. The summed E-state index contributed by atoms with van der Waals surface area (Å²) in [6.07, 6.45) is 6.01. The van der Waals surface area contributed by atoms with E-state index < -0.39 is 5.97 Å². The van der Waals surface area contributed by atoms with Gasteiger partial charge >= 0.3 is 5.97 Å². The third kappa shape index (κ3) is 3.41. The molecule has 164 valence electrons. The third-order valence-electron chi connectivity index (χ3n) is 6.39. The quantitative estimate of drug-likeness (QED) is 0.550. The van der Waals surface area contributed by atoms with Crippen LogP contribution in [0.4, 0.5) is 0 Å². The highest BCUT2D eigenvalue weighted by Crippen LogP contribution is 2.38. The average molecular weight is 497 g/mol. The molecular formula is C23H23BrN5O3+. The van der Waals surface area contributed by atoms with Crippen LogP contribution < -0.4 is 5.32 Å². The second-order valence-corrected chi connectivity index (χ2v) is 9.22. The highest BCUT2D eigenvalue weighted by molar-refractivity contribution is 9.12. The summed E-state index contributed by atoms with van der Waals surface area (Å²) in [6.45, 7) is 0. The average Bonchev–Trinajstić information content (AvgIpc) is 3.15. The van der Waals surface area contributed by atoms with Crippen LogP contribution in [0.15, 0.2) is 57.8 Å². The van der Waals surface area contributed by atoms with Crippen molar-refractivity contribution >= 4 is 50.4 Å². The molecule has 1 aromatic heterocycles. The van der Waals surface area contributed by atoms with Gasteiger partial charge in [0.1, 0.15) is 13.2 Å². The Balaban J connectivity index is 1.46. The number of benzene rings is 1. The minimum Gasteiger partial charge on any atom is -0.481 e. The second kappa shape index (κ2) is 7.83. The fourth-order valence-electron chi connectivity index (χ4n) is 4.44. The van der Waals surface area contributed by atoms with Crippen LogP contribution in [0.1, 0.15) is 31.2 Å². The van der Waals surface area contributed by atoms with Gasteiger partial charge in [-0.2, -0.15) is 0 Å². The summed E-state index contributed by atoms with van der Waals surface area (Å²) in [5.74, 6) is 0.410. The molecule has 1 aliphatic carbocycles. The minimum absolute atomic E-state index is 0.0542. The molecule has 1 aromatic carbocycles. The molecule has 0 radical (unpaired) electrons. The molecular weight excluding hydrogens is 474 g/mol. The molecule has 1 unspecified atom stereocenters. The van der Waals surface area contributed by atoms with Gasteiger partial charge in [-0.25, -0.2) is 5.41 Å². The van der Waals surface area contributed by atoms with E-state index >= 15 is 0 Å². The monoisotopic (exact) mass is 496 g/mol. The van der Waals surface area contributed by atoms with E-state index in [1.54, 1.807) is 6.21 Å². The largest absolute Gasteiger partial charge is 0.481 e. The number of halogens is 1. The lowest BCUT2D eigenvalue weighted by molar-refractivity contribution is -0.788. The zero-order valence-corrected chi connectivity index (χ0v) is 19.1. The molecule has 2 aromatic rings. The van der Waals surface area contributed by atoms with Gasteiger partial charge in [0.05, 0.1) is 23.2 Å². The van der Waals surface area contributed by atoms with Gasteiger partial charge in [-0.3, -0.25) is 15.1 Å². The normalized spacial score (nSPS) is 27.5. The predicted molar refractivity (Wildman–Crippen MR) is 125 cm³/mol. The number of nitrogens with one attached hydrogen (secondary N) is 2. The number of carboxylic acid groups (broad SMARTS) is 1. The van der Waals surface area contributed by atoms with Crippen LogP contribution in [-0.2, 0) is 9.53 Å². The maximum atomic E-state index is 11.2. The smallest absolute Gasteiger partial charge is 0.306 e. The topological polar surface area (TPSA) is 108 Å². The Morgan fingerprint density at radius 3 is 2.78 bits per heavy atom. The lowest BCUT2D eigenvalue weighted by Crippen LogP contribution is -2.51. The summed E-state index contributed by atoms with van der Waals surface area (Å²) in [4.78, 5) is 15.8. The van der Waals surface area contributed by atoms with Crippen molar-refractivity contribution in [3.63, 3.8) is 0 Å². The van der Waals surface area contributed by atoms with E-state index in [-0.39, 0.29) is 22.4 Å². The first-order chi connectivity index (χ1) is 15.4. The van der Waals surface area contributed by atoms with Crippen molar-refractivity contribution in [2.24, 2.45) is 11.0 Å². The molecule has 9 heteroatoms. The van der Waals surface area contributed by atoms with Crippen LogP contribution in [0.3, 0.4) is 0 Å². The summed E-state index contributed by atoms with van der Waals surface area (Å²) >= 11 is 3.51. The van der Waals surface area contributed by atoms with E-state index in [1.807, 2.05) is 37.5 Å². The van der Waals surface area contributed by atoms with Gasteiger partial charge < -0.3 is 9.84 Å². The van der Waals surface area contributed by atoms with Crippen LogP contribution in [0.2, 0.25) is 0 Å². The predicted octanol–water partition coefficient (Wildman–Crippen LogP) is 4.15. The molecule has 5 rings (SSSR count). The summed E-state index contributed by atoms with van der Waals surface area (Å²) in [5, 5.41) is 27.0. The van der Waals surface area contributed by atoms with Crippen LogP contribution >= 0.6 is 15.9 Å². The standard InChI is InChI=1S/C23H22BrN5O3/c1-29-20(25)19(24)22(32-16-8-6-13(7-9-16)23(30)31)28-21(29)17(12-27-29)15-10-14-4-2-3-5-18(14)26-11-15/h2-5,10-13,16H,6-9H2,1H3,(H2-,25,27,28,30,31)/p+1. The number of nitrogens with zero attached hydrogens (tertiary/aromatic N) is 3. The van der Waals surface area contributed by atoms with E-state index in [1.165, 1.54) is 0 Å². The van der Waals surface area contributed by atoms with Crippen LogP contribution in [0.25, 0.3) is 16.5 Å². The van der Waals surface area contributed by atoms with Crippen molar-refractivity contribution in [1.82, 2.24) is 10.3 Å². The summed E-state index contributed by atoms with van der Waals surface area (Å²) in [5.41, 5.74) is 2.68. The van der Waals surface area contributed by atoms with Crippen LogP contribution in [0.5, 0.6) is 0 Å². The van der Waals surface area contributed by atoms with Crippen molar-refractivity contribution in [2.45, 2.75) is 31.8 Å². The third-order valence-corrected chi connectivity index (χ3v) is 7.13. The fraction of sp³-hybridized carbons (Fsp3) is 0.304. The number of hydrogen-bond donors (Lipinski definition) is 3. The lowest BCUT2D eigenvalue weighted by Gasteiger charge is -2.34. The number of amidine groups is 1. The molecule has 0 spiro atoms. The number of ether oxygens (including phenoxy) is 1. The number of allylic oxidation sites excluding steroid dienone is 1. The van der Waals surface area contributed by atoms with Gasteiger partial charge in [0.15, 0.2) is 4.48 Å². The van der Waals surface area contributed by atoms with E-state index in [0.717, 1.165) is 27.9 Å². The highest BCUT2D eigenvalue weighted by atomic mass is 79.9. The number of pyridine rings is 1. The number of hydrogen-bond acceptors (Lipinski definition) is 6. The van der Waals surface area contributed by atoms with Crippen LogP contribution in [-0.4, -0.2) is 45.9 Å². The zero-order chi connectivity index (χ0) is 22.5. The fourth-order valence-corrected chi connectivity index (χ4v) is 4.98. The van der Waals surface area contributed by atoms with Crippen molar-refractivity contribution in [1.29, 1.82) is 5.41 Å². The molecule has 0 bridgehead atoms. The molecule has 2 aliphatic heterocycles. The summed E-state index contributed by atoms with van der Waals surface area (Å²) in [6, 6.07) is 10.00. The molecule has 1 fully saturated rings. The first kappa shape index (κ1) is 20.8. The Labute approximate surface area is 193 Å². The Morgan fingerprint density at radius 2 is 2.03 bits per heavy atom.